The highest BCUT2D eigenvalue weighted by molar-refractivity contribution is 5.86. The van der Waals surface area contributed by atoms with Crippen LogP contribution in [0.3, 0.4) is 0 Å². The molecule has 3 nitrogen and oxygen atoms in total. The molecule has 0 radical (unpaired) electrons. The lowest BCUT2D eigenvalue weighted by molar-refractivity contribution is -0.131. The predicted octanol–water partition coefficient (Wildman–Crippen LogP) is 4.22. The Morgan fingerprint density at radius 2 is 2.15 bits per heavy atom. The van der Waals surface area contributed by atoms with Crippen molar-refractivity contribution >= 4 is 12.0 Å². The second-order valence-electron chi connectivity index (χ2n) is 4.65. The third kappa shape index (κ3) is 5.74. The number of carboxylic acid groups (broad SMARTS) is 1. The van der Waals surface area contributed by atoms with E-state index in [1.54, 1.807) is 6.08 Å². The van der Waals surface area contributed by atoms with E-state index in [1.165, 1.54) is 0 Å². The Morgan fingerprint density at radius 3 is 2.85 bits per heavy atom. The van der Waals surface area contributed by atoms with Crippen molar-refractivity contribution in [1.82, 2.24) is 0 Å². The average molecular weight is 274 g/mol. The van der Waals surface area contributed by atoms with E-state index in [4.69, 9.17) is 9.84 Å². The molecule has 0 heterocycles. The molecule has 0 bridgehead atoms. The van der Waals surface area contributed by atoms with Gasteiger partial charge in [-0.3, -0.25) is 0 Å². The Hall–Kier alpha value is -2.03. The van der Waals surface area contributed by atoms with Gasteiger partial charge in [0.15, 0.2) is 0 Å². The summed E-state index contributed by atoms with van der Waals surface area (Å²) in [6, 6.07) is 5.72. The summed E-state index contributed by atoms with van der Waals surface area (Å²) in [5, 5.41) is 8.70. The molecule has 0 saturated carbocycles. The second kappa shape index (κ2) is 8.97. The molecule has 0 aromatic heterocycles. The fourth-order valence-electron chi connectivity index (χ4n) is 1.91. The first-order chi connectivity index (χ1) is 9.65. The Morgan fingerprint density at radius 1 is 1.35 bits per heavy atom. The number of unbranched alkanes of at least 4 members (excludes halogenated alkanes) is 3. The molecule has 0 saturated heterocycles. The van der Waals surface area contributed by atoms with Gasteiger partial charge in [-0.25, -0.2) is 4.79 Å². The number of aliphatic carboxylic acids is 1. The summed E-state index contributed by atoms with van der Waals surface area (Å²) < 4.78 is 5.81. The SMILES string of the molecule is C=CCCCCCOc1c(C)cccc1/C=C/C(=O)O. The zero-order valence-electron chi connectivity index (χ0n) is 12.0. The molecular formula is C17H22O3. The second-order valence-corrected chi connectivity index (χ2v) is 4.65. The van der Waals surface area contributed by atoms with Crippen LogP contribution >= 0.6 is 0 Å². The van der Waals surface area contributed by atoms with Gasteiger partial charge in [-0.2, -0.15) is 0 Å². The van der Waals surface area contributed by atoms with E-state index < -0.39 is 5.97 Å². The van der Waals surface area contributed by atoms with Crippen LogP contribution in [0, 0.1) is 6.92 Å². The van der Waals surface area contributed by atoms with E-state index in [9.17, 15) is 4.79 Å². The van der Waals surface area contributed by atoms with Crippen LogP contribution in [0.1, 0.15) is 36.8 Å². The van der Waals surface area contributed by atoms with Gasteiger partial charge in [0, 0.05) is 11.6 Å². The molecule has 3 heteroatoms. The Kier molecular flexibility index (Phi) is 7.18. The van der Waals surface area contributed by atoms with E-state index in [0.717, 1.165) is 48.6 Å². The number of hydrogen-bond acceptors (Lipinski definition) is 2. The molecule has 1 aromatic carbocycles. The monoisotopic (exact) mass is 274 g/mol. The number of carbonyl (C=O) groups is 1. The summed E-state index contributed by atoms with van der Waals surface area (Å²) in [7, 11) is 0. The van der Waals surface area contributed by atoms with Gasteiger partial charge >= 0.3 is 5.97 Å². The molecule has 0 aliphatic carbocycles. The average Bonchev–Trinajstić information content (AvgIpc) is 2.42. The number of allylic oxidation sites excluding steroid dienone is 1. The Balaban J connectivity index is 2.59. The van der Waals surface area contributed by atoms with Gasteiger partial charge in [-0.15, -0.1) is 6.58 Å². The molecule has 0 amide bonds. The van der Waals surface area contributed by atoms with Gasteiger partial charge in [0.25, 0.3) is 0 Å². The van der Waals surface area contributed by atoms with Crippen LogP contribution in [0.15, 0.2) is 36.9 Å². The van der Waals surface area contributed by atoms with E-state index in [-0.39, 0.29) is 0 Å². The molecule has 1 rings (SSSR count). The maximum absolute atomic E-state index is 10.6. The minimum atomic E-state index is -0.957. The molecular weight excluding hydrogens is 252 g/mol. The van der Waals surface area contributed by atoms with Gasteiger partial charge in [0.1, 0.15) is 5.75 Å². The van der Waals surface area contributed by atoms with E-state index in [1.807, 2.05) is 31.2 Å². The molecule has 0 atom stereocenters. The number of rotatable bonds is 9. The summed E-state index contributed by atoms with van der Waals surface area (Å²) in [4.78, 5) is 10.6. The summed E-state index contributed by atoms with van der Waals surface area (Å²) in [5.74, 6) is -0.185. The van der Waals surface area contributed by atoms with Crippen molar-refractivity contribution in [3.8, 4) is 5.75 Å². The third-order valence-electron chi connectivity index (χ3n) is 2.95. The highest BCUT2D eigenvalue weighted by Crippen LogP contribution is 2.25. The first-order valence-corrected chi connectivity index (χ1v) is 6.89. The van der Waals surface area contributed by atoms with Crippen molar-refractivity contribution in [3.63, 3.8) is 0 Å². The first-order valence-electron chi connectivity index (χ1n) is 6.89. The predicted molar refractivity (Wildman–Crippen MR) is 82.0 cm³/mol. The van der Waals surface area contributed by atoms with Gasteiger partial charge in [0.2, 0.25) is 0 Å². The number of benzene rings is 1. The minimum Gasteiger partial charge on any atom is -0.493 e. The zero-order valence-corrected chi connectivity index (χ0v) is 12.0. The van der Waals surface area contributed by atoms with Crippen LogP contribution in [0.25, 0.3) is 6.08 Å². The van der Waals surface area contributed by atoms with Gasteiger partial charge < -0.3 is 9.84 Å². The van der Waals surface area contributed by atoms with Crippen molar-refractivity contribution in [2.45, 2.75) is 32.6 Å². The van der Waals surface area contributed by atoms with Gasteiger partial charge in [0.05, 0.1) is 6.61 Å². The van der Waals surface area contributed by atoms with Gasteiger partial charge in [-0.05, 0) is 44.2 Å². The fourth-order valence-corrected chi connectivity index (χ4v) is 1.91. The van der Waals surface area contributed by atoms with Crippen LogP contribution < -0.4 is 4.74 Å². The molecule has 0 fully saturated rings. The van der Waals surface area contributed by atoms with Crippen LogP contribution in [0.4, 0.5) is 0 Å². The molecule has 1 aromatic rings. The maximum Gasteiger partial charge on any atom is 0.328 e. The topological polar surface area (TPSA) is 46.5 Å². The van der Waals surface area contributed by atoms with Crippen molar-refractivity contribution in [1.29, 1.82) is 0 Å². The highest BCUT2D eigenvalue weighted by Gasteiger charge is 2.04. The lowest BCUT2D eigenvalue weighted by Crippen LogP contribution is -2.00. The number of carboxylic acids is 1. The molecule has 0 spiro atoms. The lowest BCUT2D eigenvalue weighted by Gasteiger charge is -2.12. The van der Waals surface area contributed by atoms with Crippen LogP contribution in [0.5, 0.6) is 5.75 Å². The van der Waals surface area contributed by atoms with Crippen molar-refractivity contribution in [3.05, 3.63) is 48.1 Å². The molecule has 0 aliphatic rings. The number of ether oxygens (including phenoxy) is 1. The van der Waals surface area contributed by atoms with Crippen molar-refractivity contribution < 1.29 is 14.6 Å². The number of aryl methyl sites for hydroxylation is 1. The van der Waals surface area contributed by atoms with Crippen LogP contribution in [-0.2, 0) is 4.79 Å². The zero-order chi connectivity index (χ0) is 14.8. The fraction of sp³-hybridized carbons (Fsp3) is 0.353. The molecule has 1 N–H and O–H groups in total. The molecule has 20 heavy (non-hydrogen) atoms. The molecule has 0 unspecified atom stereocenters. The van der Waals surface area contributed by atoms with Crippen LogP contribution in [-0.4, -0.2) is 17.7 Å². The smallest absolute Gasteiger partial charge is 0.328 e. The molecule has 108 valence electrons. The van der Waals surface area contributed by atoms with Gasteiger partial charge in [-0.1, -0.05) is 24.3 Å². The molecule has 0 aliphatic heterocycles. The quantitative estimate of drug-likeness (QED) is 0.416. The van der Waals surface area contributed by atoms with Crippen molar-refractivity contribution in [2.75, 3.05) is 6.61 Å². The highest BCUT2D eigenvalue weighted by atomic mass is 16.5. The number of hydrogen-bond donors (Lipinski definition) is 1. The standard InChI is InChI=1S/C17H22O3/c1-3-4-5-6-7-13-20-17-14(2)9-8-10-15(17)11-12-16(18)19/h3,8-12H,1,4-7,13H2,2H3,(H,18,19)/b12-11+. The van der Waals surface area contributed by atoms with Crippen LogP contribution in [0.2, 0.25) is 0 Å². The van der Waals surface area contributed by atoms with E-state index in [2.05, 4.69) is 6.58 Å². The number of para-hydroxylation sites is 1. The Bertz CT molecular complexity index is 475. The summed E-state index contributed by atoms with van der Waals surface area (Å²) >= 11 is 0. The summed E-state index contributed by atoms with van der Waals surface area (Å²) in [6.45, 7) is 6.31. The first kappa shape index (κ1) is 16.0. The largest absolute Gasteiger partial charge is 0.493 e. The summed E-state index contributed by atoms with van der Waals surface area (Å²) in [5.41, 5.74) is 1.82. The third-order valence-corrected chi connectivity index (χ3v) is 2.95. The van der Waals surface area contributed by atoms with E-state index >= 15 is 0 Å². The Labute approximate surface area is 120 Å². The van der Waals surface area contributed by atoms with E-state index in [0.29, 0.717) is 6.61 Å². The lowest BCUT2D eigenvalue weighted by atomic mass is 10.1. The summed E-state index contributed by atoms with van der Waals surface area (Å²) in [6.07, 6.45) is 8.90. The van der Waals surface area contributed by atoms with Crippen molar-refractivity contribution in [2.24, 2.45) is 0 Å². The normalized spacial score (nSPS) is 10.7. The minimum absolute atomic E-state index is 0.649. The maximum atomic E-state index is 10.6.